The largest absolute Gasteiger partial charge is 0.353 e. The van der Waals surface area contributed by atoms with Gasteiger partial charge in [0.05, 0.1) is 0 Å². The van der Waals surface area contributed by atoms with Crippen molar-refractivity contribution in [1.82, 2.24) is 0 Å². The smallest absolute Gasteiger partial charge is 0.173 e. The SMILES string of the molecule is CCOC1(OC)CCC2C3CC=C4CC(=O)C=CC4(CC)C3CCC21C. The molecule has 6 unspecified atom stereocenters. The molecule has 0 N–H and O–H groups in total. The number of carbonyl (C=O) groups is 1. The van der Waals surface area contributed by atoms with E-state index >= 15 is 0 Å². The Morgan fingerprint density at radius 1 is 1.19 bits per heavy atom. The molecule has 6 atom stereocenters. The van der Waals surface area contributed by atoms with Crippen LogP contribution >= 0.6 is 0 Å². The van der Waals surface area contributed by atoms with Gasteiger partial charge in [-0.05, 0) is 62.9 Å². The number of allylic oxidation sites excluding steroid dienone is 4. The number of ketones is 1. The van der Waals surface area contributed by atoms with Crippen LogP contribution in [0.4, 0.5) is 0 Å². The highest BCUT2D eigenvalue weighted by Crippen LogP contribution is 2.67. The molecule has 0 heterocycles. The van der Waals surface area contributed by atoms with Crippen LogP contribution in [-0.2, 0) is 14.3 Å². The summed E-state index contributed by atoms with van der Waals surface area (Å²) in [5.41, 5.74) is 1.60. The summed E-state index contributed by atoms with van der Waals surface area (Å²) in [5, 5.41) is 0. The lowest BCUT2D eigenvalue weighted by Crippen LogP contribution is -2.56. The van der Waals surface area contributed by atoms with Crippen LogP contribution in [0.3, 0.4) is 0 Å². The zero-order chi connectivity index (χ0) is 18.6. The predicted octanol–water partition coefficient (Wildman–Crippen LogP) is 5.06. The molecule has 3 nitrogen and oxygen atoms in total. The van der Waals surface area contributed by atoms with Crippen molar-refractivity contribution in [3.8, 4) is 0 Å². The quantitative estimate of drug-likeness (QED) is 0.520. The monoisotopic (exact) mass is 358 g/mol. The minimum Gasteiger partial charge on any atom is -0.353 e. The average Bonchev–Trinajstić information content (AvgIpc) is 2.94. The molecule has 4 aliphatic rings. The van der Waals surface area contributed by atoms with Crippen LogP contribution in [0, 0.1) is 28.6 Å². The first-order valence-corrected chi connectivity index (χ1v) is 10.6. The summed E-state index contributed by atoms with van der Waals surface area (Å²) in [7, 11) is 1.83. The molecule has 2 fully saturated rings. The van der Waals surface area contributed by atoms with Crippen molar-refractivity contribution in [2.45, 2.75) is 71.5 Å². The van der Waals surface area contributed by atoms with E-state index in [1.165, 1.54) is 18.4 Å². The van der Waals surface area contributed by atoms with Crippen molar-refractivity contribution in [2.24, 2.45) is 28.6 Å². The van der Waals surface area contributed by atoms with E-state index < -0.39 is 5.79 Å². The molecule has 0 amide bonds. The fraction of sp³-hybridized carbons (Fsp3) is 0.783. The Kier molecular flexibility index (Phi) is 4.47. The number of methoxy groups -OCH3 is 1. The normalized spacial score (nSPS) is 47.2. The topological polar surface area (TPSA) is 35.5 Å². The molecule has 0 aliphatic heterocycles. The predicted molar refractivity (Wildman–Crippen MR) is 103 cm³/mol. The van der Waals surface area contributed by atoms with E-state index in [2.05, 4.69) is 32.9 Å². The summed E-state index contributed by atoms with van der Waals surface area (Å²) in [4.78, 5) is 12.0. The van der Waals surface area contributed by atoms with Gasteiger partial charge in [0.2, 0.25) is 0 Å². The van der Waals surface area contributed by atoms with Crippen LogP contribution in [-0.4, -0.2) is 25.3 Å². The number of carbonyl (C=O) groups excluding carboxylic acids is 1. The van der Waals surface area contributed by atoms with E-state index in [-0.39, 0.29) is 16.6 Å². The Hall–Kier alpha value is -0.930. The van der Waals surface area contributed by atoms with Crippen LogP contribution in [0.15, 0.2) is 23.8 Å². The van der Waals surface area contributed by atoms with Gasteiger partial charge in [-0.2, -0.15) is 0 Å². The summed E-state index contributed by atoms with van der Waals surface area (Å²) in [6, 6.07) is 0. The Morgan fingerprint density at radius 2 is 1.96 bits per heavy atom. The molecule has 0 radical (unpaired) electrons. The first kappa shape index (κ1) is 18.4. The van der Waals surface area contributed by atoms with Gasteiger partial charge in [-0.1, -0.05) is 31.6 Å². The maximum Gasteiger partial charge on any atom is 0.173 e. The van der Waals surface area contributed by atoms with Crippen molar-refractivity contribution in [2.75, 3.05) is 13.7 Å². The molecule has 0 aromatic rings. The summed E-state index contributed by atoms with van der Waals surface area (Å²) in [6.07, 6.45) is 14.0. The standard InChI is InChI=1S/C23H34O3/c1-5-22-13-9-17(24)15-16(22)7-8-18-19-11-14-23(25-4,26-6-2)21(19,3)12-10-20(18)22/h7,9,13,18-20H,5-6,8,10-12,14-15H2,1-4H3. The van der Waals surface area contributed by atoms with Crippen molar-refractivity contribution >= 4 is 5.78 Å². The molecule has 4 rings (SSSR count). The number of rotatable bonds is 4. The molecular weight excluding hydrogens is 324 g/mol. The maximum atomic E-state index is 12.0. The average molecular weight is 359 g/mol. The highest BCUT2D eigenvalue weighted by molar-refractivity contribution is 5.93. The van der Waals surface area contributed by atoms with Gasteiger partial charge < -0.3 is 9.47 Å². The molecule has 144 valence electrons. The second kappa shape index (κ2) is 6.31. The fourth-order valence-electron chi connectivity index (χ4n) is 7.35. The van der Waals surface area contributed by atoms with Crippen LogP contribution in [0.25, 0.3) is 0 Å². The summed E-state index contributed by atoms with van der Waals surface area (Å²) >= 11 is 0. The number of hydrogen-bond acceptors (Lipinski definition) is 3. The summed E-state index contributed by atoms with van der Waals surface area (Å²) < 4.78 is 12.3. The van der Waals surface area contributed by atoms with E-state index in [9.17, 15) is 4.79 Å². The molecule has 3 heteroatoms. The highest BCUT2D eigenvalue weighted by atomic mass is 16.7. The van der Waals surface area contributed by atoms with Gasteiger partial charge in [0.1, 0.15) is 0 Å². The van der Waals surface area contributed by atoms with Crippen LogP contribution < -0.4 is 0 Å². The second-order valence-corrected chi connectivity index (χ2v) is 9.10. The molecule has 0 spiro atoms. The maximum absolute atomic E-state index is 12.0. The van der Waals surface area contributed by atoms with Gasteiger partial charge >= 0.3 is 0 Å². The second-order valence-electron chi connectivity index (χ2n) is 9.10. The van der Waals surface area contributed by atoms with E-state index in [1.807, 2.05) is 13.2 Å². The van der Waals surface area contributed by atoms with E-state index in [0.29, 0.717) is 30.8 Å². The minimum atomic E-state index is -0.418. The zero-order valence-corrected chi connectivity index (χ0v) is 16.8. The third kappa shape index (κ3) is 2.22. The van der Waals surface area contributed by atoms with Crippen molar-refractivity contribution in [1.29, 1.82) is 0 Å². The van der Waals surface area contributed by atoms with E-state index in [1.54, 1.807) is 0 Å². The third-order valence-electron chi connectivity index (χ3n) is 8.60. The number of fused-ring (bicyclic) bond motifs is 5. The number of hydrogen-bond donors (Lipinski definition) is 0. The zero-order valence-electron chi connectivity index (χ0n) is 16.8. The van der Waals surface area contributed by atoms with E-state index in [4.69, 9.17) is 9.47 Å². The van der Waals surface area contributed by atoms with Crippen molar-refractivity contribution in [3.63, 3.8) is 0 Å². The van der Waals surface area contributed by atoms with Crippen molar-refractivity contribution in [3.05, 3.63) is 23.8 Å². The lowest BCUT2D eigenvalue weighted by atomic mass is 9.48. The first-order valence-electron chi connectivity index (χ1n) is 10.6. The van der Waals surface area contributed by atoms with Gasteiger partial charge in [0, 0.05) is 37.4 Å². The van der Waals surface area contributed by atoms with Crippen molar-refractivity contribution < 1.29 is 14.3 Å². The Morgan fingerprint density at radius 3 is 2.65 bits per heavy atom. The van der Waals surface area contributed by atoms with E-state index in [0.717, 1.165) is 25.7 Å². The minimum absolute atomic E-state index is 0.0907. The molecule has 2 saturated carbocycles. The van der Waals surface area contributed by atoms with Gasteiger partial charge in [-0.25, -0.2) is 0 Å². The molecular formula is C23H34O3. The van der Waals surface area contributed by atoms with Crippen LogP contribution in [0.1, 0.15) is 65.7 Å². The molecule has 0 bridgehead atoms. The van der Waals surface area contributed by atoms with Gasteiger partial charge in [0.15, 0.2) is 11.6 Å². The summed E-state index contributed by atoms with van der Waals surface area (Å²) in [6.45, 7) is 7.50. The lowest BCUT2D eigenvalue weighted by molar-refractivity contribution is -0.287. The van der Waals surface area contributed by atoms with Gasteiger partial charge in [-0.3, -0.25) is 4.79 Å². The molecule has 0 aromatic heterocycles. The molecule has 0 aromatic carbocycles. The Labute approximate surface area is 158 Å². The number of ether oxygens (including phenoxy) is 2. The van der Waals surface area contributed by atoms with Crippen LogP contribution in [0.2, 0.25) is 0 Å². The lowest BCUT2D eigenvalue weighted by Gasteiger charge is -2.58. The van der Waals surface area contributed by atoms with Crippen LogP contribution in [0.5, 0.6) is 0 Å². The fourth-order valence-corrected chi connectivity index (χ4v) is 7.35. The molecule has 4 aliphatic carbocycles. The summed E-state index contributed by atoms with van der Waals surface area (Å²) in [5.74, 6) is 1.83. The van der Waals surface area contributed by atoms with Gasteiger partial charge in [0.25, 0.3) is 0 Å². The first-order chi connectivity index (χ1) is 12.5. The third-order valence-corrected chi connectivity index (χ3v) is 8.60. The Bertz CT molecular complexity index is 650. The Balaban J connectivity index is 1.71. The molecule has 26 heavy (non-hydrogen) atoms. The molecule has 0 saturated heterocycles. The van der Waals surface area contributed by atoms with Gasteiger partial charge in [-0.15, -0.1) is 0 Å². The highest BCUT2D eigenvalue weighted by Gasteiger charge is 2.65.